The summed E-state index contributed by atoms with van der Waals surface area (Å²) in [6.45, 7) is 3.32. The van der Waals surface area contributed by atoms with Crippen molar-refractivity contribution in [3.63, 3.8) is 0 Å². The minimum atomic E-state index is 1.03. The van der Waals surface area contributed by atoms with E-state index in [0.717, 1.165) is 6.54 Å². The first-order chi connectivity index (χ1) is 12.9. The molecule has 0 bridgehead atoms. The van der Waals surface area contributed by atoms with Crippen molar-refractivity contribution in [2.45, 2.75) is 84.0 Å². The van der Waals surface area contributed by atoms with Crippen LogP contribution in [0, 0.1) is 0 Å². The molecule has 2 aromatic carbocycles. The molecular formula is C24H38N2. The second kappa shape index (κ2) is 13.6. The number of hydrazine groups is 1. The summed E-state index contributed by atoms with van der Waals surface area (Å²) in [5, 5.41) is 2.56. The van der Waals surface area contributed by atoms with Gasteiger partial charge in [0.1, 0.15) is 0 Å². The molecule has 0 aliphatic heterocycles. The number of hydrogen-bond acceptors (Lipinski definition) is 2. The van der Waals surface area contributed by atoms with Gasteiger partial charge in [-0.1, -0.05) is 114 Å². The van der Waals surface area contributed by atoms with Crippen molar-refractivity contribution in [1.82, 2.24) is 5.43 Å². The van der Waals surface area contributed by atoms with Crippen molar-refractivity contribution in [3.8, 4) is 0 Å². The third kappa shape index (κ3) is 8.23. The number of hydrogen-bond donors (Lipinski definition) is 2. The molecule has 0 aliphatic carbocycles. The van der Waals surface area contributed by atoms with E-state index in [9.17, 15) is 0 Å². The summed E-state index contributed by atoms with van der Waals surface area (Å²) < 4.78 is 0. The lowest BCUT2D eigenvalue weighted by atomic mass is 10.1. The zero-order valence-electron chi connectivity index (χ0n) is 16.7. The van der Waals surface area contributed by atoms with Gasteiger partial charge >= 0.3 is 0 Å². The number of nitrogens with one attached hydrogen (secondary N) is 2. The van der Waals surface area contributed by atoms with Gasteiger partial charge in [-0.05, 0) is 17.9 Å². The van der Waals surface area contributed by atoms with E-state index in [2.05, 4.69) is 60.2 Å². The van der Waals surface area contributed by atoms with Gasteiger partial charge < -0.3 is 5.43 Å². The Morgan fingerprint density at radius 2 is 1.19 bits per heavy atom. The number of rotatable bonds is 15. The van der Waals surface area contributed by atoms with Gasteiger partial charge in [0.2, 0.25) is 0 Å². The standard InChI is InChI=1S/C24H38N2/c1-2-3-4-5-6-7-8-9-10-11-12-15-21-25-26-24-20-16-18-22-17-13-14-19-23(22)24/h13-14,16-20,25-26H,2-12,15,21H2,1H3. The van der Waals surface area contributed by atoms with Crippen LogP contribution in [0.25, 0.3) is 10.8 Å². The van der Waals surface area contributed by atoms with E-state index >= 15 is 0 Å². The fourth-order valence-corrected chi connectivity index (χ4v) is 3.55. The Balaban J connectivity index is 1.43. The van der Waals surface area contributed by atoms with E-state index in [4.69, 9.17) is 0 Å². The van der Waals surface area contributed by atoms with Gasteiger partial charge in [-0.25, -0.2) is 5.43 Å². The lowest BCUT2D eigenvalue weighted by Gasteiger charge is -2.11. The Hall–Kier alpha value is -1.54. The van der Waals surface area contributed by atoms with E-state index in [1.165, 1.54) is 93.5 Å². The maximum atomic E-state index is 3.38. The van der Waals surface area contributed by atoms with Gasteiger partial charge in [0, 0.05) is 11.9 Å². The van der Waals surface area contributed by atoms with Crippen molar-refractivity contribution < 1.29 is 0 Å². The molecule has 0 radical (unpaired) electrons. The van der Waals surface area contributed by atoms with Crippen LogP contribution in [0.2, 0.25) is 0 Å². The molecule has 0 aromatic heterocycles. The number of unbranched alkanes of at least 4 members (excludes halogenated alkanes) is 11. The average Bonchev–Trinajstić information content (AvgIpc) is 2.68. The Labute approximate surface area is 160 Å². The fraction of sp³-hybridized carbons (Fsp3) is 0.583. The topological polar surface area (TPSA) is 24.1 Å². The van der Waals surface area contributed by atoms with Gasteiger partial charge in [0.05, 0.1) is 5.69 Å². The first-order valence-electron chi connectivity index (χ1n) is 10.9. The quantitative estimate of drug-likeness (QED) is 0.256. The molecule has 0 atom stereocenters. The Morgan fingerprint density at radius 3 is 1.88 bits per heavy atom. The molecule has 144 valence electrons. The molecule has 0 heterocycles. The fourth-order valence-electron chi connectivity index (χ4n) is 3.55. The summed E-state index contributed by atoms with van der Waals surface area (Å²) in [6.07, 6.45) is 16.8. The number of fused-ring (bicyclic) bond motifs is 1. The monoisotopic (exact) mass is 354 g/mol. The molecule has 0 spiro atoms. The van der Waals surface area contributed by atoms with Crippen molar-refractivity contribution in [3.05, 3.63) is 42.5 Å². The highest BCUT2D eigenvalue weighted by atomic mass is 15.3. The van der Waals surface area contributed by atoms with Gasteiger partial charge in [-0.15, -0.1) is 0 Å². The van der Waals surface area contributed by atoms with E-state index in [-0.39, 0.29) is 0 Å². The summed E-state index contributed by atoms with van der Waals surface area (Å²) in [6, 6.07) is 14.9. The second-order valence-electron chi connectivity index (χ2n) is 7.47. The maximum absolute atomic E-state index is 3.38. The van der Waals surface area contributed by atoms with Gasteiger partial charge in [0.15, 0.2) is 0 Å². The first-order valence-corrected chi connectivity index (χ1v) is 10.9. The average molecular weight is 355 g/mol. The van der Waals surface area contributed by atoms with Crippen LogP contribution in [0.3, 0.4) is 0 Å². The summed E-state index contributed by atoms with van der Waals surface area (Å²) in [5.41, 5.74) is 7.93. The molecule has 2 nitrogen and oxygen atoms in total. The summed E-state index contributed by atoms with van der Waals surface area (Å²) in [5.74, 6) is 0. The lowest BCUT2D eigenvalue weighted by Crippen LogP contribution is -2.22. The molecule has 0 saturated carbocycles. The largest absolute Gasteiger partial charge is 0.321 e. The van der Waals surface area contributed by atoms with Gasteiger partial charge in [-0.3, -0.25) is 0 Å². The zero-order chi connectivity index (χ0) is 18.3. The second-order valence-corrected chi connectivity index (χ2v) is 7.47. The van der Waals surface area contributed by atoms with Crippen LogP contribution in [0.4, 0.5) is 5.69 Å². The maximum Gasteiger partial charge on any atom is 0.0565 e. The Kier molecular flexibility index (Phi) is 10.9. The molecule has 0 fully saturated rings. The highest BCUT2D eigenvalue weighted by Gasteiger charge is 1.98. The number of benzene rings is 2. The van der Waals surface area contributed by atoms with Crippen LogP contribution in [-0.2, 0) is 0 Å². The molecule has 2 rings (SSSR count). The molecular weight excluding hydrogens is 316 g/mol. The van der Waals surface area contributed by atoms with E-state index in [1.807, 2.05) is 0 Å². The minimum absolute atomic E-state index is 1.03. The molecule has 0 saturated heterocycles. The normalized spacial score (nSPS) is 11.1. The molecule has 0 amide bonds. The Bertz CT molecular complexity index is 588. The minimum Gasteiger partial charge on any atom is -0.321 e. The van der Waals surface area contributed by atoms with Crippen LogP contribution < -0.4 is 10.9 Å². The van der Waals surface area contributed by atoms with Crippen LogP contribution >= 0.6 is 0 Å². The predicted molar refractivity (Wildman–Crippen MR) is 117 cm³/mol. The Morgan fingerprint density at radius 1 is 0.615 bits per heavy atom. The van der Waals surface area contributed by atoms with Crippen LogP contribution in [0.1, 0.15) is 84.0 Å². The lowest BCUT2D eigenvalue weighted by molar-refractivity contribution is 0.540. The highest BCUT2D eigenvalue weighted by Crippen LogP contribution is 2.22. The molecule has 0 aliphatic rings. The van der Waals surface area contributed by atoms with E-state index in [1.54, 1.807) is 0 Å². The summed E-state index contributed by atoms with van der Waals surface area (Å²) in [7, 11) is 0. The predicted octanol–water partition coefficient (Wildman–Crippen LogP) is 7.46. The van der Waals surface area contributed by atoms with Crippen LogP contribution in [-0.4, -0.2) is 6.54 Å². The molecule has 2 heteroatoms. The van der Waals surface area contributed by atoms with E-state index < -0.39 is 0 Å². The first kappa shape index (κ1) is 20.8. The molecule has 2 aromatic rings. The van der Waals surface area contributed by atoms with Crippen LogP contribution in [0.5, 0.6) is 0 Å². The van der Waals surface area contributed by atoms with Crippen molar-refractivity contribution >= 4 is 16.5 Å². The number of anilines is 1. The third-order valence-electron chi connectivity index (χ3n) is 5.17. The SMILES string of the molecule is CCCCCCCCCCCCCCNNc1cccc2ccccc12. The van der Waals surface area contributed by atoms with Crippen molar-refractivity contribution in [2.75, 3.05) is 12.0 Å². The molecule has 26 heavy (non-hydrogen) atoms. The van der Waals surface area contributed by atoms with Gasteiger partial charge in [-0.2, -0.15) is 0 Å². The van der Waals surface area contributed by atoms with Crippen molar-refractivity contribution in [1.29, 1.82) is 0 Å². The molecule has 0 unspecified atom stereocenters. The third-order valence-corrected chi connectivity index (χ3v) is 5.17. The van der Waals surface area contributed by atoms with Crippen LogP contribution in [0.15, 0.2) is 42.5 Å². The summed E-state index contributed by atoms with van der Waals surface area (Å²) >= 11 is 0. The summed E-state index contributed by atoms with van der Waals surface area (Å²) in [4.78, 5) is 0. The molecule has 2 N–H and O–H groups in total. The van der Waals surface area contributed by atoms with Crippen molar-refractivity contribution in [2.24, 2.45) is 0 Å². The zero-order valence-corrected chi connectivity index (χ0v) is 16.7. The van der Waals surface area contributed by atoms with E-state index in [0.29, 0.717) is 0 Å². The smallest absolute Gasteiger partial charge is 0.0565 e. The van der Waals surface area contributed by atoms with Gasteiger partial charge in [0.25, 0.3) is 0 Å². The highest BCUT2D eigenvalue weighted by molar-refractivity contribution is 5.93.